The van der Waals surface area contributed by atoms with Crippen molar-refractivity contribution in [2.45, 2.75) is 23.7 Å². The molecule has 0 unspecified atom stereocenters. The van der Waals surface area contributed by atoms with Crippen molar-refractivity contribution in [1.82, 2.24) is 4.57 Å². The number of fused-ring (bicyclic) bond motifs is 1. The largest absolute Gasteiger partial charge is 0.468 e. The van der Waals surface area contributed by atoms with Gasteiger partial charge in [0.1, 0.15) is 6.07 Å². The molecule has 0 N–H and O–H groups in total. The van der Waals surface area contributed by atoms with Crippen LogP contribution in [0, 0.1) is 11.3 Å². The minimum absolute atomic E-state index is 0.209. The van der Waals surface area contributed by atoms with Crippen LogP contribution in [0.25, 0.3) is 10.9 Å². The zero-order valence-electron chi connectivity index (χ0n) is 13.4. The molecular weight excluding hydrogens is 376 g/mol. The van der Waals surface area contributed by atoms with E-state index in [-0.39, 0.29) is 6.42 Å². The molecular formula is C17H17BrN2O4. The molecule has 0 atom stereocenters. The van der Waals surface area contributed by atoms with Crippen LogP contribution in [0.3, 0.4) is 0 Å². The molecule has 24 heavy (non-hydrogen) atoms. The second kappa shape index (κ2) is 7.49. The molecule has 0 spiro atoms. The van der Waals surface area contributed by atoms with Crippen molar-refractivity contribution < 1.29 is 19.1 Å². The quantitative estimate of drug-likeness (QED) is 0.428. The highest BCUT2D eigenvalue weighted by Crippen LogP contribution is 2.29. The molecule has 1 aromatic heterocycles. The maximum absolute atomic E-state index is 11.9. The van der Waals surface area contributed by atoms with E-state index in [1.807, 2.05) is 28.8 Å². The van der Waals surface area contributed by atoms with Crippen LogP contribution in [0.2, 0.25) is 0 Å². The number of methoxy groups -OCH3 is 2. The molecule has 0 aliphatic heterocycles. The lowest BCUT2D eigenvalue weighted by atomic mass is 10.0. The summed E-state index contributed by atoms with van der Waals surface area (Å²) in [6.45, 7) is 0.545. The molecule has 0 amide bonds. The Morgan fingerprint density at radius 1 is 1.25 bits per heavy atom. The number of rotatable bonds is 6. The Bertz CT molecular complexity index is 791. The Labute approximate surface area is 148 Å². The molecule has 0 aliphatic carbocycles. The molecule has 2 rings (SSSR count). The monoisotopic (exact) mass is 392 g/mol. The number of carbonyl (C=O) groups is 2. The highest BCUT2D eigenvalue weighted by Gasteiger charge is 2.45. The van der Waals surface area contributed by atoms with Crippen LogP contribution < -0.4 is 0 Å². The van der Waals surface area contributed by atoms with E-state index in [2.05, 4.69) is 22.0 Å². The van der Waals surface area contributed by atoms with E-state index in [9.17, 15) is 14.9 Å². The van der Waals surface area contributed by atoms with Gasteiger partial charge in [0.2, 0.25) is 4.32 Å². The standard InChI is InChI=1S/C17H17BrN2O4/c1-23-15(21)17(18,16(22)24-2)8-5-9-20-11-12(10-19)13-6-3-4-7-14(13)20/h3-4,6-7,11H,5,8-9H2,1-2H3. The van der Waals surface area contributed by atoms with E-state index < -0.39 is 16.3 Å². The van der Waals surface area contributed by atoms with Gasteiger partial charge < -0.3 is 14.0 Å². The summed E-state index contributed by atoms with van der Waals surface area (Å²) in [5.41, 5.74) is 1.53. The summed E-state index contributed by atoms with van der Waals surface area (Å²) in [5.74, 6) is -1.38. The first-order chi connectivity index (χ1) is 11.5. The zero-order valence-corrected chi connectivity index (χ0v) is 15.0. The number of ether oxygens (including phenoxy) is 2. The lowest BCUT2D eigenvalue weighted by Gasteiger charge is -2.21. The summed E-state index contributed by atoms with van der Waals surface area (Å²) in [5, 5.41) is 10.1. The van der Waals surface area contributed by atoms with Gasteiger partial charge in [-0.1, -0.05) is 34.1 Å². The molecule has 7 heteroatoms. The number of benzene rings is 1. The van der Waals surface area contributed by atoms with E-state index >= 15 is 0 Å². The average molecular weight is 393 g/mol. The van der Waals surface area contributed by atoms with Crippen molar-refractivity contribution in [2.24, 2.45) is 0 Å². The van der Waals surface area contributed by atoms with E-state index in [0.29, 0.717) is 18.5 Å². The highest BCUT2D eigenvalue weighted by molar-refractivity contribution is 9.10. The molecule has 0 bridgehead atoms. The highest BCUT2D eigenvalue weighted by atomic mass is 79.9. The van der Waals surface area contributed by atoms with E-state index in [4.69, 9.17) is 9.47 Å². The Hall–Kier alpha value is -2.33. The van der Waals surface area contributed by atoms with Crippen molar-refractivity contribution in [3.05, 3.63) is 36.0 Å². The summed E-state index contributed by atoms with van der Waals surface area (Å²) < 4.78 is 9.82. The van der Waals surface area contributed by atoms with Gasteiger partial charge in [0, 0.05) is 23.6 Å². The molecule has 0 radical (unpaired) electrons. The number of hydrogen-bond acceptors (Lipinski definition) is 5. The fraction of sp³-hybridized carbons (Fsp3) is 0.353. The third-order valence-electron chi connectivity index (χ3n) is 3.85. The van der Waals surface area contributed by atoms with Gasteiger partial charge in [-0.3, -0.25) is 0 Å². The first-order valence-electron chi connectivity index (χ1n) is 7.31. The number of esters is 2. The van der Waals surface area contributed by atoms with Crippen LogP contribution >= 0.6 is 15.9 Å². The molecule has 126 valence electrons. The number of hydrogen-bond donors (Lipinski definition) is 0. The fourth-order valence-electron chi connectivity index (χ4n) is 2.62. The predicted molar refractivity (Wildman–Crippen MR) is 91.6 cm³/mol. The number of halogens is 1. The van der Waals surface area contributed by atoms with Gasteiger partial charge in [-0.2, -0.15) is 5.26 Å². The Morgan fingerprint density at radius 3 is 2.46 bits per heavy atom. The number of aromatic nitrogens is 1. The topological polar surface area (TPSA) is 81.3 Å². The lowest BCUT2D eigenvalue weighted by molar-refractivity contribution is -0.155. The summed E-state index contributed by atoms with van der Waals surface area (Å²) in [4.78, 5) is 23.8. The molecule has 0 saturated carbocycles. The van der Waals surface area contributed by atoms with Crippen molar-refractivity contribution in [1.29, 1.82) is 5.26 Å². The summed E-state index contributed by atoms with van der Waals surface area (Å²) in [6.07, 6.45) is 2.50. The first kappa shape index (κ1) is 18.0. The predicted octanol–water partition coefficient (Wildman–Crippen LogP) is 2.77. The molecule has 1 aromatic carbocycles. The maximum atomic E-state index is 11.9. The second-order valence-corrected chi connectivity index (χ2v) is 6.61. The molecule has 1 heterocycles. The maximum Gasteiger partial charge on any atom is 0.334 e. The van der Waals surface area contributed by atoms with Crippen molar-refractivity contribution >= 4 is 38.8 Å². The first-order valence-corrected chi connectivity index (χ1v) is 8.11. The molecule has 2 aromatic rings. The minimum atomic E-state index is -1.52. The number of carbonyl (C=O) groups excluding carboxylic acids is 2. The smallest absolute Gasteiger partial charge is 0.334 e. The molecule has 0 aliphatic rings. The van der Waals surface area contributed by atoms with Gasteiger partial charge in [-0.15, -0.1) is 0 Å². The molecule has 6 nitrogen and oxygen atoms in total. The SMILES string of the molecule is COC(=O)C(Br)(CCCn1cc(C#N)c2ccccc21)C(=O)OC. The number of nitriles is 1. The number of nitrogens with zero attached hydrogens (tertiary/aromatic N) is 2. The number of aryl methyl sites for hydroxylation is 1. The van der Waals surface area contributed by atoms with Crippen LogP contribution in [0.1, 0.15) is 18.4 Å². The Morgan fingerprint density at radius 2 is 1.88 bits per heavy atom. The van der Waals surface area contributed by atoms with E-state index in [1.54, 1.807) is 6.20 Å². The Kier molecular flexibility index (Phi) is 5.62. The van der Waals surface area contributed by atoms with Crippen LogP contribution in [-0.4, -0.2) is 35.0 Å². The average Bonchev–Trinajstić information content (AvgIpc) is 2.98. The Balaban J connectivity index is 2.18. The van der Waals surface area contributed by atoms with E-state index in [1.165, 1.54) is 14.2 Å². The van der Waals surface area contributed by atoms with Crippen LogP contribution in [0.4, 0.5) is 0 Å². The summed E-state index contributed by atoms with van der Waals surface area (Å²) in [6, 6.07) is 9.77. The normalized spacial score (nSPS) is 11.1. The number of para-hydroxylation sites is 1. The summed E-state index contributed by atoms with van der Waals surface area (Å²) in [7, 11) is 2.44. The van der Waals surface area contributed by atoms with Crippen LogP contribution in [-0.2, 0) is 25.6 Å². The van der Waals surface area contributed by atoms with Crippen LogP contribution in [0.5, 0.6) is 0 Å². The van der Waals surface area contributed by atoms with Gasteiger partial charge in [-0.25, -0.2) is 9.59 Å². The lowest BCUT2D eigenvalue weighted by Crippen LogP contribution is -2.42. The molecule has 0 saturated heterocycles. The van der Waals surface area contributed by atoms with Crippen molar-refractivity contribution in [3.8, 4) is 6.07 Å². The zero-order chi connectivity index (χ0) is 17.7. The van der Waals surface area contributed by atoms with Gasteiger partial charge in [0.25, 0.3) is 0 Å². The second-order valence-electron chi connectivity index (χ2n) is 5.25. The van der Waals surface area contributed by atoms with Gasteiger partial charge in [0.15, 0.2) is 0 Å². The third kappa shape index (κ3) is 3.29. The molecule has 0 fully saturated rings. The fourth-order valence-corrected chi connectivity index (χ4v) is 3.23. The van der Waals surface area contributed by atoms with Crippen LogP contribution in [0.15, 0.2) is 30.5 Å². The van der Waals surface area contributed by atoms with E-state index in [0.717, 1.165) is 10.9 Å². The third-order valence-corrected chi connectivity index (χ3v) is 4.89. The van der Waals surface area contributed by atoms with Crippen molar-refractivity contribution in [2.75, 3.05) is 14.2 Å². The summed E-state index contributed by atoms with van der Waals surface area (Å²) >= 11 is 3.17. The van der Waals surface area contributed by atoms with Gasteiger partial charge in [0.05, 0.1) is 19.8 Å². The van der Waals surface area contributed by atoms with Gasteiger partial charge >= 0.3 is 11.9 Å². The van der Waals surface area contributed by atoms with Crippen molar-refractivity contribution in [3.63, 3.8) is 0 Å². The van der Waals surface area contributed by atoms with Gasteiger partial charge in [-0.05, 0) is 18.9 Å². The minimum Gasteiger partial charge on any atom is -0.468 e. The number of alkyl halides is 1.